The van der Waals surface area contributed by atoms with Gasteiger partial charge in [-0.05, 0) is 44.9 Å². The Kier molecular flexibility index (Phi) is 23.5. The van der Waals surface area contributed by atoms with Crippen LogP contribution in [0.1, 0.15) is 163 Å². The molecule has 0 saturated carbocycles. The van der Waals surface area contributed by atoms with Gasteiger partial charge in [-0.25, -0.2) is 9.59 Å². The third-order valence-corrected chi connectivity index (χ3v) is 8.58. The van der Waals surface area contributed by atoms with Crippen LogP contribution in [0.2, 0.25) is 0 Å². The second-order valence-corrected chi connectivity index (χ2v) is 11.9. The zero-order valence-electron chi connectivity index (χ0n) is 26.9. The number of carboxylic acid groups (broad SMARTS) is 3. The SMILES string of the molecule is CCCCCCCCCCCCC/C=C/CCCC[N+](C(CCC)C(=O)[O-])(C(CCC)C(=O)O)C(CCC)C(=O)O. The number of quaternary nitrogens is 1. The molecule has 41 heavy (non-hydrogen) atoms. The Labute approximate surface area is 251 Å². The maximum Gasteiger partial charge on any atom is 0.362 e. The highest BCUT2D eigenvalue weighted by Gasteiger charge is 2.54. The van der Waals surface area contributed by atoms with Crippen molar-refractivity contribution in [2.24, 2.45) is 0 Å². The van der Waals surface area contributed by atoms with Crippen LogP contribution in [-0.2, 0) is 14.4 Å². The monoisotopic (exact) mass is 581 g/mol. The van der Waals surface area contributed by atoms with E-state index in [2.05, 4.69) is 19.1 Å². The van der Waals surface area contributed by atoms with Gasteiger partial charge in [0.1, 0.15) is 6.04 Å². The lowest BCUT2D eigenvalue weighted by Crippen LogP contribution is -2.74. The molecule has 0 radical (unpaired) electrons. The highest BCUT2D eigenvalue weighted by atomic mass is 16.4. The first kappa shape index (κ1) is 39.1. The third-order valence-electron chi connectivity index (χ3n) is 8.58. The first-order valence-electron chi connectivity index (χ1n) is 16.9. The van der Waals surface area contributed by atoms with E-state index in [1.54, 1.807) is 0 Å². The molecular formula is C34H63NO6. The summed E-state index contributed by atoms with van der Waals surface area (Å²) in [7, 11) is 0. The Balaban J connectivity index is 5.08. The molecule has 0 heterocycles. The number of carbonyl (C=O) groups excluding carboxylic acids is 1. The van der Waals surface area contributed by atoms with E-state index in [-0.39, 0.29) is 25.8 Å². The van der Waals surface area contributed by atoms with Crippen molar-refractivity contribution < 1.29 is 34.2 Å². The molecule has 240 valence electrons. The average Bonchev–Trinajstić information content (AvgIpc) is 2.93. The highest BCUT2D eigenvalue weighted by molar-refractivity contribution is 5.77. The maximum absolute atomic E-state index is 12.5. The molecule has 0 amide bonds. The summed E-state index contributed by atoms with van der Waals surface area (Å²) in [5.74, 6) is -3.59. The zero-order valence-corrected chi connectivity index (χ0v) is 26.9. The molecule has 0 aromatic heterocycles. The summed E-state index contributed by atoms with van der Waals surface area (Å²) in [6.07, 6.45) is 24.4. The Bertz CT molecular complexity index is 662. The van der Waals surface area contributed by atoms with Crippen LogP contribution in [0.3, 0.4) is 0 Å². The second kappa shape index (κ2) is 24.7. The predicted molar refractivity (Wildman–Crippen MR) is 166 cm³/mol. The van der Waals surface area contributed by atoms with Crippen molar-refractivity contribution in [3.05, 3.63) is 12.2 Å². The van der Waals surface area contributed by atoms with Gasteiger partial charge in [-0.3, -0.25) is 4.48 Å². The fourth-order valence-corrected chi connectivity index (χ4v) is 6.44. The Morgan fingerprint density at radius 3 is 1.29 bits per heavy atom. The quantitative estimate of drug-likeness (QED) is 0.0532. The summed E-state index contributed by atoms with van der Waals surface area (Å²) < 4.78 is -0.453. The highest BCUT2D eigenvalue weighted by Crippen LogP contribution is 2.34. The van der Waals surface area contributed by atoms with Crippen molar-refractivity contribution in [1.82, 2.24) is 0 Å². The minimum absolute atomic E-state index is 0.197. The Morgan fingerprint density at radius 2 is 0.927 bits per heavy atom. The van der Waals surface area contributed by atoms with E-state index in [1.165, 1.54) is 70.6 Å². The molecule has 0 rings (SSSR count). The van der Waals surface area contributed by atoms with E-state index in [1.807, 2.05) is 20.8 Å². The number of hydrogen-bond donors (Lipinski definition) is 2. The van der Waals surface area contributed by atoms with Gasteiger partial charge in [0.05, 0.1) is 12.5 Å². The molecule has 0 aromatic carbocycles. The molecular weight excluding hydrogens is 518 g/mol. The number of carboxylic acids is 3. The molecule has 0 aliphatic heterocycles. The summed E-state index contributed by atoms with van der Waals surface area (Å²) in [6.45, 7) is 8.01. The van der Waals surface area contributed by atoms with Gasteiger partial charge in [0, 0.05) is 19.3 Å². The number of carbonyl (C=O) groups is 3. The molecule has 2 N–H and O–H groups in total. The van der Waals surface area contributed by atoms with Gasteiger partial charge >= 0.3 is 11.9 Å². The number of hydrogen-bond acceptors (Lipinski definition) is 4. The smallest absolute Gasteiger partial charge is 0.362 e. The fraction of sp³-hybridized carbons (Fsp3) is 0.853. The van der Waals surface area contributed by atoms with Crippen molar-refractivity contribution >= 4 is 17.9 Å². The van der Waals surface area contributed by atoms with Gasteiger partial charge in [-0.15, -0.1) is 0 Å². The van der Waals surface area contributed by atoms with Crippen LogP contribution in [0, 0.1) is 0 Å². The molecule has 0 aliphatic carbocycles. The maximum atomic E-state index is 12.5. The number of unbranched alkanes of at least 4 members (excludes halogenated alkanes) is 13. The number of aliphatic carboxylic acids is 3. The molecule has 0 bridgehead atoms. The van der Waals surface area contributed by atoms with Crippen molar-refractivity contribution in [3.63, 3.8) is 0 Å². The van der Waals surface area contributed by atoms with Crippen molar-refractivity contribution in [2.75, 3.05) is 6.54 Å². The topological polar surface area (TPSA) is 115 Å². The van der Waals surface area contributed by atoms with E-state index in [9.17, 15) is 29.7 Å². The second-order valence-electron chi connectivity index (χ2n) is 11.9. The molecule has 0 spiro atoms. The lowest BCUT2D eigenvalue weighted by Gasteiger charge is -2.52. The third kappa shape index (κ3) is 15.2. The van der Waals surface area contributed by atoms with Crippen LogP contribution in [0.25, 0.3) is 0 Å². The summed E-state index contributed by atoms with van der Waals surface area (Å²) in [6, 6.07) is -3.37. The fourth-order valence-electron chi connectivity index (χ4n) is 6.44. The zero-order chi connectivity index (χ0) is 30.9. The van der Waals surface area contributed by atoms with Gasteiger partial charge in [-0.1, -0.05) is 110 Å². The van der Waals surface area contributed by atoms with Gasteiger partial charge < -0.3 is 20.1 Å². The molecule has 0 aliphatic rings. The number of nitrogens with zero attached hydrogens (tertiary/aromatic N) is 1. The van der Waals surface area contributed by atoms with E-state index >= 15 is 0 Å². The first-order chi connectivity index (χ1) is 19.7. The molecule has 0 saturated heterocycles. The van der Waals surface area contributed by atoms with E-state index in [4.69, 9.17) is 0 Å². The first-order valence-corrected chi connectivity index (χ1v) is 16.9. The van der Waals surface area contributed by atoms with Crippen LogP contribution >= 0.6 is 0 Å². The minimum Gasteiger partial charge on any atom is -0.544 e. The lowest BCUT2D eigenvalue weighted by atomic mass is 9.91. The van der Waals surface area contributed by atoms with Crippen molar-refractivity contribution in [2.45, 2.75) is 181 Å². The van der Waals surface area contributed by atoms with Gasteiger partial charge in [-0.2, -0.15) is 0 Å². The molecule has 0 fully saturated rings. The summed E-state index contributed by atoms with van der Waals surface area (Å²) in [5.41, 5.74) is 0. The summed E-state index contributed by atoms with van der Waals surface area (Å²) >= 11 is 0. The van der Waals surface area contributed by atoms with Gasteiger partial charge in [0.15, 0.2) is 12.1 Å². The summed E-state index contributed by atoms with van der Waals surface area (Å²) in [5, 5.41) is 33.0. The largest absolute Gasteiger partial charge is 0.544 e. The van der Waals surface area contributed by atoms with Crippen LogP contribution in [0.5, 0.6) is 0 Å². The average molecular weight is 582 g/mol. The van der Waals surface area contributed by atoms with E-state index < -0.39 is 40.5 Å². The molecule has 7 nitrogen and oxygen atoms in total. The van der Waals surface area contributed by atoms with Gasteiger partial charge in [0.2, 0.25) is 0 Å². The number of allylic oxidation sites excluding steroid dienone is 2. The normalized spacial score (nSPS) is 15.4. The van der Waals surface area contributed by atoms with Crippen LogP contribution in [0.4, 0.5) is 0 Å². The minimum atomic E-state index is -1.34. The van der Waals surface area contributed by atoms with E-state index in [0.717, 1.165) is 19.3 Å². The Morgan fingerprint density at radius 1 is 0.561 bits per heavy atom. The van der Waals surface area contributed by atoms with Gasteiger partial charge in [0.25, 0.3) is 0 Å². The van der Waals surface area contributed by atoms with Crippen molar-refractivity contribution in [3.8, 4) is 0 Å². The van der Waals surface area contributed by atoms with Crippen LogP contribution < -0.4 is 5.11 Å². The summed E-state index contributed by atoms with van der Waals surface area (Å²) in [4.78, 5) is 37.6. The van der Waals surface area contributed by atoms with Crippen LogP contribution in [-0.4, -0.2) is 57.3 Å². The standard InChI is InChI=1S/C34H63NO6/c1-5-9-10-11-12-13-14-15-16-17-18-19-20-21-22-23-24-28-35(29(25-6-2)32(36)37,30(26-7-3)33(38)39)31(27-8-4)34(40)41/h20-21,29-31H,5-19,22-28H2,1-4H3,(H2-,36,37,38,39,40,41)/b21-20+. The molecule has 3 unspecified atom stereocenters. The molecule has 3 atom stereocenters. The Hall–Kier alpha value is -1.89. The van der Waals surface area contributed by atoms with Crippen LogP contribution in [0.15, 0.2) is 12.2 Å². The molecule has 0 aromatic rings. The number of rotatable bonds is 29. The predicted octanol–water partition coefficient (Wildman–Crippen LogP) is 7.66. The van der Waals surface area contributed by atoms with E-state index in [0.29, 0.717) is 25.7 Å². The van der Waals surface area contributed by atoms with Crippen molar-refractivity contribution in [1.29, 1.82) is 0 Å². The molecule has 7 heteroatoms. The lowest BCUT2D eigenvalue weighted by molar-refractivity contribution is -0.975.